The molecule has 0 fully saturated rings. The summed E-state index contributed by atoms with van der Waals surface area (Å²) in [6, 6.07) is 14.5. The van der Waals surface area contributed by atoms with Crippen molar-refractivity contribution >= 4 is 29.1 Å². The summed E-state index contributed by atoms with van der Waals surface area (Å²) < 4.78 is 7.04. The van der Waals surface area contributed by atoms with Crippen LogP contribution >= 0.6 is 23.4 Å². The van der Waals surface area contributed by atoms with Gasteiger partial charge in [-0.15, -0.1) is 16.8 Å². The summed E-state index contributed by atoms with van der Waals surface area (Å²) in [5.74, 6) is 1.69. The highest BCUT2D eigenvalue weighted by Gasteiger charge is 2.16. The second-order valence-electron chi connectivity index (χ2n) is 5.66. The molecule has 0 saturated heterocycles. The molecule has 27 heavy (non-hydrogen) atoms. The Hall–Kier alpha value is -2.57. The monoisotopic (exact) mass is 399 g/mol. The van der Waals surface area contributed by atoms with Crippen molar-refractivity contribution in [3.05, 3.63) is 71.8 Å². The molecule has 0 bridgehead atoms. The number of carbonyl (C=O) groups is 1. The molecule has 0 unspecified atom stereocenters. The maximum absolute atomic E-state index is 12.5. The van der Waals surface area contributed by atoms with Crippen molar-refractivity contribution in [2.45, 2.75) is 11.7 Å². The highest BCUT2D eigenvalue weighted by molar-refractivity contribution is 7.99. The van der Waals surface area contributed by atoms with Crippen LogP contribution in [-0.4, -0.2) is 33.4 Å². The normalized spacial score (nSPS) is 10.6. The molecule has 5 nitrogen and oxygen atoms in total. The Bertz CT molecular complexity index is 954. The van der Waals surface area contributed by atoms with Crippen LogP contribution in [0.1, 0.15) is 10.4 Å². The number of rotatable bonds is 8. The van der Waals surface area contributed by atoms with E-state index in [4.69, 9.17) is 16.3 Å². The van der Waals surface area contributed by atoms with E-state index < -0.39 is 0 Å². The number of nitrogens with zero attached hydrogens (tertiary/aromatic N) is 3. The number of ketones is 1. The van der Waals surface area contributed by atoms with Gasteiger partial charge in [-0.2, -0.15) is 0 Å². The van der Waals surface area contributed by atoms with Gasteiger partial charge in [0.05, 0.1) is 12.9 Å². The number of aromatic nitrogens is 3. The minimum Gasteiger partial charge on any atom is -0.497 e. The van der Waals surface area contributed by atoms with Gasteiger partial charge in [-0.3, -0.25) is 9.36 Å². The summed E-state index contributed by atoms with van der Waals surface area (Å²) in [7, 11) is 1.59. The third-order valence-corrected chi connectivity index (χ3v) is 5.06. The van der Waals surface area contributed by atoms with Gasteiger partial charge in [0.2, 0.25) is 0 Å². The highest BCUT2D eigenvalue weighted by Crippen LogP contribution is 2.26. The lowest BCUT2D eigenvalue weighted by atomic mass is 10.1. The molecule has 0 radical (unpaired) electrons. The number of halogens is 1. The van der Waals surface area contributed by atoms with E-state index in [2.05, 4.69) is 16.8 Å². The van der Waals surface area contributed by atoms with E-state index in [0.717, 1.165) is 11.3 Å². The van der Waals surface area contributed by atoms with Crippen molar-refractivity contribution in [1.82, 2.24) is 14.8 Å². The first-order valence-corrected chi connectivity index (χ1v) is 9.59. The summed E-state index contributed by atoms with van der Waals surface area (Å²) in [5, 5.41) is 9.81. The van der Waals surface area contributed by atoms with Gasteiger partial charge in [-0.05, 0) is 36.4 Å². The molecule has 0 amide bonds. The van der Waals surface area contributed by atoms with Crippen LogP contribution < -0.4 is 4.74 Å². The molecule has 0 saturated carbocycles. The minimum absolute atomic E-state index is 0.0140. The van der Waals surface area contributed by atoms with E-state index in [1.165, 1.54) is 11.8 Å². The van der Waals surface area contributed by atoms with Crippen molar-refractivity contribution in [2.24, 2.45) is 0 Å². The lowest BCUT2D eigenvalue weighted by molar-refractivity contribution is 0.102. The van der Waals surface area contributed by atoms with Gasteiger partial charge in [0.1, 0.15) is 5.75 Å². The summed E-state index contributed by atoms with van der Waals surface area (Å²) in [4.78, 5) is 12.5. The molecule has 0 aliphatic carbocycles. The molecule has 2 aromatic carbocycles. The van der Waals surface area contributed by atoms with Crippen molar-refractivity contribution < 1.29 is 9.53 Å². The number of carbonyl (C=O) groups excluding carboxylic acids is 1. The van der Waals surface area contributed by atoms with Crippen LogP contribution in [0, 0.1) is 0 Å². The minimum atomic E-state index is 0.0140. The van der Waals surface area contributed by atoms with Gasteiger partial charge in [-0.1, -0.05) is 41.6 Å². The molecular weight excluding hydrogens is 382 g/mol. The van der Waals surface area contributed by atoms with E-state index >= 15 is 0 Å². The van der Waals surface area contributed by atoms with Crippen molar-refractivity contribution in [3.8, 4) is 17.1 Å². The second kappa shape index (κ2) is 8.88. The molecule has 1 heterocycles. The van der Waals surface area contributed by atoms with Gasteiger partial charge >= 0.3 is 0 Å². The summed E-state index contributed by atoms with van der Waals surface area (Å²) >= 11 is 7.43. The molecule has 138 valence electrons. The van der Waals surface area contributed by atoms with E-state index in [9.17, 15) is 4.79 Å². The van der Waals surface area contributed by atoms with Crippen molar-refractivity contribution in [3.63, 3.8) is 0 Å². The van der Waals surface area contributed by atoms with Crippen molar-refractivity contribution in [1.29, 1.82) is 0 Å². The quantitative estimate of drug-likeness (QED) is 0.310. The average Bonchev–Trinajstić information content (AvgIpc) is 3.09. The third-order valence-electron chi connectivity index (χ3n) is 3.86. The summed E-state index contributed by atoms with van der Waals surface area (Å²) in [5.41, 5.74) is 1.50. The van der Waals surface area contributed by atoms with Gasteiger partial charge in [-0.25, -0.2) is 0 Å². The van der Waals surface area contributed by atoms with Crippen LogP contribution in [0.15, 0.2) is 66.3 Å². The Morgan fingerprint density at radius 3 is 2.70 bits per heavy atom. The number of benzene rings is 2. The summed E-state index contributed by atoms with van der Waals surface area (Å²) in [6.45, 7) is 4.33. The number of hydrogen-bond donors (Lipinski definition) is 0. The molecule has 0 aliphatic rings. The molecule has 1 aromatic heterocycles. The zero-order valence-corrected chi connectivity index (χ0v) is 16.3. The maximum Gasteiger partial charge on any atom is 0.192 e. The smallest absolute Gasteiger partial charge is 0.192 e. The fourth-order valence-corrected chi connectivity index (χ4v) is 3.55. The number of allylic oxidation sites excluding steroid dienone is 1. The van der Waals surface area contributed by atoms with Crippen LogP contribution in [0.4, 0.5) is 0 Å². The van der Waals surface area contributed by atoms with E-state index in [1.54, 1.807) is 37.5 Å². The topological polar surface area (TPSA) is 57.0 Å². The van der Waals surface area contributed by atoms with Crippen LogP contribution in [-0.2, 0) is 6.54 Å². The lowest BCUT2D eigenvalue weighted by Gasteiger charge is -2.08. The second-order valence-corrected chi connectivity index (χ2v) is 7.04. The fraction of sp³-hybridized carbons (Fsp3) is 0.150. The van der Waals surface area contributed by atoms with Crippen LogP contribution in [0.2, 0.25) is 5.02 Å². The molecular formula is C20H18ClN3O2S. The van der Waals surface area contributed by atoms with Gasteiger partial charge in [0.25, 0.3) is 0 Å². The van der Waals surface area contributed by atoms with E-state index in [-0.39, 0.29) is 11.5 Å². The first kappa shape index (κ1) is 19.2. The Morgan fingerprint density at radius 2 is 2.04 bits per heavy atom. The Morgan fingerprint density at radius 1 is 1.26 bits per heavy atom. The van der Waals surface area contributed by atoms with Crippen LogP contribution in [0.25, 0.3) is 11.4 Å². The third kappa shape index (κ3) is 4.59. The first-order valence-electron chi connectivity index (χ1n) is 8.22. The van der Waals surface area contributed by atoms with Gasteiger partial charge in [0, 0.05) is 22.7 Å². The molecule has 0 atom stereocenters. The highest BCUT2D eigenvalue weighted by atomic mass is 35.5. The van der Waals surface area contributed by atoms with E-state index in [1.807, 2.05) is 28.8 Å². The first-order chi connectivity index (χ1) is 13.1. The van der Waals surface area contributed by atoms with Crippen LogP contribution in [0.3, 0.4) is 0 Å². The maximum atomic E-state index is 12.5. The largest absolute Gasteiger partial charge is 0.497 e. The Balaban J connectivity index is 1.78. The predicted octanol–water partition coefficient (Wildman–Crippen LogP) is 4.77. The SMILES string of the molecule is C=CCn1c(SCC(=O)c2ccc(OC)cc2)nnc1-c1cccc(Cl)c1. The molecule has 7 heteroatoms. The van der Waals surface area contributed by atoms with Gasteiger partial charge in [0.15, 0.2) is 16.8 Å². The number of methoxy groups -OCH3 is 1. The Labute approximate surface area is 167 Å². The van der Waals surface area contributed by atoms with E-state index in [0.29, 0.717) is 28.1 Å². The lowest BCUT2D eigenvalue weighted by Crippen LogP contribution is -2.05. The molecule has 0 N–H and O–H groups in total. The number of thioether (sulfide) groups is 1. The summed E-state index contributed by atoms with van der Waals surface area (Å²) in [6.07, 6.45) is 1.77. The molecule has 0 spiro atoms. The number of Topliss-reactive ketones (excluding diaryl/α,β-unsaturated/α-hetero) is 1. The standard InChI is InChI=1S/C20H18ClN3O2S/c1-3-11-24-19(15-5-4-6-16(21)12-15)22-23-20(24)27-13-18(25)14-7-9-17(26-2)10-8-14/h3-10,12H,1,11,13H2,2H3. The van der Waals surface area contributed by atoms with Crippen molar-refractivity contribution in [2.75, 3.05) is 12.9 Å². The number of hydrogen-bond acceptors (Lipinski definition) is 5. The van der Waals surface area contributed by atoms with Gasteiger partial charge < -0.3 is 4.74 Å². The molecule has 0 aliphatic heterocycles. The zero-order valence-electron chi connectivity index (χ0n) is 14.8. The molecule has 3 aromatic rings. The van der Waals surface area contributed by atoms with Crippen LogP contribution in [0.5, 0.6) is 5.75 Å². The fourth-order valence-electron chi connectivity index (χ4n) is 2.52. The zero-order chi connectivity index (χ0) is 19.2. The Kier molecular flexibility index (Phi) is 6.32. The number of ether oxygens (including phenoxy) is 1. The molecule has 3 rings (SSSR count). The predicted molar refractivity (Wildman–Crippen MR) is 109 cm³/mol. The average molecular weight is 400 g/mol.